The number of fused-ring (bicyclic) bond motifs is 2. The van der Waals surface area contributed by atoms with Crippen molar-refractivity contribution in [3.8, 4) is 0 Å². The van der Waals surface area contributed by atoms with Gasteiger partial charge in [0.25, 0.3) is 0 Å². The number of para-hydroxylation sites is 2. The topological polar surface area (TPSA) is 638 Å². The highest BCUT2D eigenvalue weighted by atomic mass is 33.1. The van der Waals surface area contributed by atoms with Gasteiger partial charge >= 0.3 is 11.9 Å². The number of aliphatic carboxylic acids is 2. The third-order valence-electron chi connectivity index (χ3n) is 17.9. The van der Waals surface area contributed by atoms with Gasteiger partial charge in [0.05, 0.1) is 25.4 Å². The fourth-order valence-corrected chi connectivity index (χ4v) is 14.0. The Hall–Kier alpha value is -11.8. The number of aliphatic hydroxyl groups excluding tert-OH is 1. The summed E-state index contributed by atoms with van der Waals surface area (Å²) in [4.78, 5) is 237. The van der Waals surface area contributed by atoms with E-state index in [2.05, 4.69) is 94.4 Å². The Morgan fingerprint density at radius 2 is 1.14 bits per heavy atom. The van der Waals surface area contributed by atoms with Crippen molar-refractivity contribution in [2.75, 3.05) is 24.6 Å². The molecule has 0 unspecified atom stereocenters. The van der Waals surface area contributed by atoms with Crippen LogP contribution in [0.25, 0.3) is 21.8 Å². The molecule has 40 nitrogen and oxygen atoms in total. The molecule has 25 N–H and O–H groups in total. The number of nitrogens with zero attached hydrogens (tertiary/aromatic N) is 1. The van der Waals surface area contributed by atoms with Gasteiger partial charge in [0.15, 0.2) is 12.0 Å². The minimum atomic E-state index is -2.07. The van der Waals surface area contributed by atoms with Crippen molar-refractivity contribution in [1.82, 2.24) is 94.4 Å². The zero-order valence-electron chi connectivity index (χ0n) is 62.4. The van der Waals surface area contributed by atoms with Crippen LogP contribution >= 0.6 is 21.6 Å². The van der Waals surface area contributed by atoms with Gasteiger partial charge in [-0.3, -0.25) is 77.3 Å². The van der Waals surface area contributed by atoms with Gasteiger partial charge < -0.3 is 116 Å². The number of carboxylic acid groups (broad SMARTS) is 2. The molecule has 112 heavy (non-hydrogen) atoms. The van der Waals surface area contributed by atoms with Gasteiger partial charge in [0.1, 0.15) is 66.5 Å². The average molecular weight is 1600 g/mol. The second-order valence-electron chi connectivity index (χ2n) is 27.1. The van der Waals surface area contributed by atoms with E-state index in [1.165, 1.54) is 39.5 Å². The molecule has 4 heterocycles. The number of aromatic nitrogens is 4. The summed E-state index contributed by atoms with van der Waals surface area (Å²) in [6, 6.07) is -6.79. The number of amides is 14. The quantitative estimate of drug-likeness (QED) is 0.0157. The van der Waals surface area contributed by atoms with E-state index in [0.717, 1.165) is 35.4 Å². The molecule has 5 aromatic rings. The number of aromatic amines is 3. The number of guanidine groups is 1. The number of nitrogens with one attached hydrogen (secondary N) is 18. The van der Waals surface area contributed by atoms with Gasteiger partial charge in [0.2, 0.25) is 82.7 Å². The van der Waals surface area contributed by atoms with Gasteiger partial charge in [-0.15, -0.1) is 0 Å². The van der Waals surface area contributed by atoms with Gasteiger partial charge in [-0.05, 0) is 61.8 Å². The molecular weight excluding hydrogens is 1500 g/mol. The Morgan fingerprint density at radius 1 is 0.616 bits per heavy atom. The first kappa shape index (κ1) is 89.1. The maximum Gasteiger partial charge on any atom is 0.328 e. The smallest absolute Gasteiger partial charge is 0.328 e. The zero-order chi connectivity index (χ0) is 82.6. The molecule has 6 rings (SSSR count). The predicted octanol–water partition coefficient (Wildman–Crippen LogP) is -4.45. The van der Waals surface area contributed by atoms with Gasteiger partial charge in [-0.2, -0.15) is 0 Å². The molecule has 0 aliphatic carbocycles. The fourth-order valence-electron chi connectivity index (χ4n) is 11.6. The van der Waals surface area contributed by atoms with Crippen molar-refractivity contribution in [3.05, 3.63) is 90.3 Å². The SMILES string of the molecule is CC[C@H](C)[C@H](NC(C)=O)C(=O)N[C@H]1CSSC[C@@H](C(=O)N[C@@H](C(=O)O)[C@@H](C)O)NC(=O)[C@H](CCNC(=N)N)NC(=O)[C@@H](Cc2cnc[nH]2)NC(=O)[C@H](C)NC(=O)CNC(=O)[C@H](Cc2c[nH]c3ccccc23)NC(=O)[C@@H](CC(=O)O)NC(=O)[C@H](CCC(N)=O)NC(=O)[C@@H](Cc2c[nH]c3ccccc23)NC(=O)[C@H](C(C)C)NC1=O. The van der Waals surface area contributed by atoms with Crippen LogP contribution < -0.4 is 85.9 Å². The third kappa shape index (κ3) is 27.3. The van der Waals surface area contributed by atoms with E-state index < -0.39 is 235 Å². The summed E-state index contributed by atoms with van der Waals surface area (Å²) in [6.45, 7) is 8.67. The van der Waals surface area contributed by atoms with Crippen molar-refractivity contribution >= 4 is 144 Å². The minimum Gasteiger partial charge on any atom is -0.481 e. The third-order valence-corrected chi connectivity index (χ3v) is 20.4. The van der Waals surface area contributed by atoms with Crippen molar-refractivity contribution in [3.63, 3.8) is 0 Å². The first-order chi connectivity index (χ1) is 53.0. The summed E-state index contributed by atoms with van der Waals surface area (Å²) >= 11 is 0. The number of hydrogen-bond donors (Lipinski definition) is 23. The average Bonchev–Trinajstić information content (AvgIpc) is 1.64. The molecule has 608 valence electrons. The standard InChI is InChI=1S/C70H97N21O19S2/c1-8-33(4)56(81-36(7)93)68(108)89-51-30-112-111-29-50(66(106)91-57(35(6)92)69(109)110)88-61(101)45(19-20-75-70(72)73)83-63(103)48(23-39-27-74-31-79-39)84-58(98)34(5)80-53(95)28-78-59(99)46(21-37-25-76-42-15-11-9-13-40(37)42)85-64(104)49(24-54(96)97)86-60(100)44(17-18-52(71)94)82-62(102)47(87-67(107)55(32(2)3)90-65(51)105)22-38-26-77-43-16-12-10-14-41(38)43/h9-16,25-27,31-35,44-51,55-57,76-77,92H,8,17-24,28-30H2,1-7H3,(H2,71,94)(H,74,79)(H,78,99)(H,80,95)(H,81,93)(H,82,102)(H,83,103)(H,84,98)(H,85,104)(H,86,100)(H,87,107)(H,88,101)(H,89,108)(H,90,105)(H,91,106)(H,96,97)(H,109,110)(H4,72,73,75)/t33-,34-,35+,44-,45-,46-,47+,48+,49+,50-,51-,55-,56-,57+/m0/s1. The summed E-state index contributed by atoms with van der Waals surface area (Å²) in [5.41, 5.74) is 13.4. The molecule has 1 aliphatic rings. The summed E-state index contributed by atoms with van der Waals surface area (Å²) < 4.78 is 0. The number of nitrogens with two attached hydrogens (primary N) is 2. The lowest BCUT2D eigenvalue weighted by molar-refractivity contribution is -0.145. The molecule has 14 atom stereocenters. The second-order valence-corrected chi connectivity index (χ2v) is 29.6. The van der Waals surface area contributed by atoms with Crippen LogP contribution in [0.4, 0.5) is 0 Å². The number of rotatable bonds is 24. The van der Waals surface area contributed by atoms with Crippen molar-refractivity contribution in [2.24, 2.45) is 23.3 Å². The highest BCUT2D eigenvalue weighted by Gasteiger charge is 2.39. The molecule has 14 amide bonds. The Labute approximate surface area is 649 Å². The number of primary amides is 1. The number of benzene rings is 2. The van der Waals surface area contributed by atoms with Crippen LogP contribution in [-0.2, 0) is 96.0 Å². The van der Waals surface area contributed by atoms with Crippen LogP contribution in [0.5, 0.6) is 0 Å². The van der Waals surface area contributed by atoms with Crippen LogP contribution in [0.3, 0.4) is 0 Å². The maximum atomic E-state index is 15.1. The fraction of sp³-hybridized carbons (Fsp3) is 0.486. The number of imidazole rings is 1. The van der Waals surface area contributed by atoms with Crippen molar-refractivity contribution < 1.29 is 92.0 Å². The lowest BCUT2D eigenvalue weighted by atomic mass is 9.97. The predicted molar refractivity (Wildman–Crippen MR) is 408 cm³/mol. The molecule has 0 saturated carbocycles. The summed E-state index contributed by atoms with van der Waals surface area (Å²) in [5.74, 6) is -21.0. The van der Waals surface area contributed by atoms with Crippen LogP contribution in [0, 0.1) is 17.2 Å². The molecule has 0 spiro atoms. The monoisotopic (exact) mass is 1600 g/mol. The summed E-state index contributed by atoms with van der Waals surface area (Å²) in [6.07, 6.45) is 0.408. The number of carbonyl (C=O) groups is 16. The number of aliphatic hydroxyl groups is 1. The van der Waals surface area contributed by atoms with Crippen LogP contribution in [0.15, 0.2) is 73.4 Å². The molecule has 1 saturated heterocycles. The molecule has 1 fully saturated rings. The van der Waals surface area contributed by atoms with Crippen LogP contribution in [-0.4, -0.2) is 239 Å². The normalized spacial score (nSPS) is 22.8. The van der Waals surface area contributed by atoms with E-state index in [-0.39, 0.29) is 31.5 Å². The summed E-state index contributed by atoms with van der Waals surface area (Å²) in [7, 11) is 1.57. The van der Waals surface area contributed by atoms with E-state index in [0.29, 0.717) is 39.4 Å². The maximum absolute atomic E-state index is 15.1. The summed E-state index contributed by atoms with van der Waals surface area (Å²) in [5, 5.41) is 74.4. The Kier molecular flexibility index (Phi) is 34.2. The van der Waals surface area contributed by atoms with Gasteiger partial charge in [-0.25, -0.2) is 9.78 Å². The number of hydrogen-bond acceptors (Lipinski definition) is 21. The molecule has 3 aromatic heterocycles. The van der Waals surface area contributed by atoms with Crippen molar-refractivity contribution in [2.45, 2.75) is 178 Å². The lowest BCUT2D eigenvalue weighted by Crippen LogP contribution is -2.61. The van der Waals surface area contributed by atoms with Gasteiger partial charge in [0, 0.05) is 96.7 Å². The van der Waals surface area contributed by atoms with E-state index >= 15 is 9.59 Å². The number of carbonyl (C=O) groups excluding carboxylic acids is 14. The van der Waals surface area contributed by atoms with E-state index in [9.17, 15) is 82.4 Å². The van der Waals surface area contributed by atoms with Crippen molar-refractivity contribution in [1.29, 1.82) is 5.41 Å². The molecule has 42 heteroatoms. The molecule has 1 aliphatic heterocycles. The van der Waals surface area contributed by atoms with Crippen LogP contribution in [0.2, 0.25) is 0 Å². The number of H-pyrrole nitrogens is 3. The van der Waals surface area contributed by atoms with E-state index in [1.54, 1.807) is 68.6 Å². The van der Waals surface area contributed by atoms with Gasteiger partial charge in [-0.1, -0.05) is 92.1 Å². The Balaban J connectivity index is 1.47. The van der Waals surface area contributed by atoms with E-state index in [1.807, 2.05) is 0 Å². The Bertz CT molecular complexity index is 4230. The zero-order valence-corrected chi connectivity index (χ0v) is 64.0. The lowest BCUT2D eigenvalue weighted by Gasteiger charge is -2.29. The molecular formula is C70H97N21O19S2. The minimum absolute atomic E-state index is 0.254. The first-order valence-electron chi connectivity index (χ1n) is 35.7. The highest BCUT2D eigenvalue weighted by molar-refractivity contribution is 8.76. The molecule has 0 bridgehead atoms. The number of carboxylic acids is 2. The molecule has 2 aromatic carbocycles. The first-order valence-corrected chi connectivity index (χ1v) is 38.2. The molecule has 0 radical (unpaired) electrons. The largest absolute Gasteiger partial charge is 0.481 e. The highest BCUT2D eigenvalue weighted by Crippen LogP contribution is 2.26. The van der Waals surface area contributed by atoms with Crippen LogP contribution in [0.1, 0.15) is 97.4 Å². The second kappa shape index (κ2) is 43.0. The van der Waals surface area contributed by atoms with E-state index in [4.69, 9.17) is 16.9 Å². The Morgan fingerprint density at radius 3 is 1.69 bits per heavy atom.